The summed E-state index contributed by atoms with van der Waals surface area (Å²) in [5.74, 6) is 0. The van der Waals surface area contributed by atoms with Gasteiger partial charge < -0.3 is 0 Å². The Kier molecular flexibility index (Phi) is 29.6. The Balaban J connectivity index is 0.0000115. The van der Waals surface area contributed by atoms with Gasteiger partial charge in [-0.1, -0.05) is 192 Å². The largest absolute Gasteiger partial charge is 0.252 e. The van der Waals surface area contributed by atoms with E-state index < -0.39 is 0 Å². The molecule has 0 N–H and O–H groups in total. The molecular formula is C45H72N2Ni. The standard InChI is InChI=1S/C45H72N2.Ni/c1-4-7-10-12-13-14-15-16-17-18-19-20-21-22-23-24-25-26-28-33-41-34-32-37-43(40-41)47-44(38-9-6-3)45(39-31-11-8-5-2)46-42-35-29-27-30-36-42;/h27-30,32-37,40H,4-26,31,38-39H2,1-3H3;/b33-28+,46-45-,47-44+;. The van der Waals surface area contributed by atoms with Gasteiger partial charge in [-0.05, 0) is 68.4 Å². The maximum absolute atomic E-state index is 5.24. The summed E-state index contributed by atoms with van der Waals surface area (Å²) < 4.78 is 0. The maximum atomic E-state index is 5.24. The van der Waals surface area contributed by atoms with E-state index in [1.54, 1.807) is 0 Å². The second kappa shape index (κ2) is 32.2. The van der Waals surface area contributed by atoms with Crippen molar-refractivity contribution in [2.24, 2.45) is 9.98 Å². The SMILES string of the molecule is CCCCCCCCCCCCCCCCCCC/C=C/c1cccc(/N=C(CCCC)/C(CCCCCC)=N\c2ccccc2)c1.[Ni]. The molecule has 48 heavy (non-hydrogen) atoms. The molecule has 0 heterocycles. The van der Waals surface area contributed by atoms with Gasteiger partial charge in [0.05, 0.1) is 22.8 Å². The monoisotopic (exact) mass is 699 g/mol. The Morgan fingerprint density at radius 3 is 1.44 bits per heavy atom. The van der Waals surface area contributed by atoms with Crippen LogP contribution in [-0.4, -0.2) is 11.4 Å². The second-order valence-electron chi connectivity index (χ2n) is 13.8. The van der Waals surface area contributed by atoms with Gasteiger partial charge in [-0.15, -0.1) is 0 Å². The first-order valence-electron chi connectivity index (χ1n) is 20.2. The molecule has 0 unspecified atom stereocenters. The fraction of sp³-hybridized carbons (Fsp3) is 0.644. The number of para-hydroxylation sites is 1. The van der Waals surface area contributed by atoms with Crippen molar-refractivity contribution in [2.45, 2.75) is 188 Å². The van der Waals surface area contributed by atoms with Crippen LogP contribution in [0.2, 0.25) is 0 Å². The first-order chi connectivity index (χ1) is 23.3. The van der Waals surface area contributed by atoms with E-state index in [2.05, 4.69) is 87.5 Å². The predicted octanol–water partition coefficient (Wildman–Crippen LogP) is 15.7. The van der Waals surface area contributed by atoms with E-state index in [1.807, 2.05) is 0 Å². The Morgan fingerprint density at radius 1 is 0.458 bits per heavy atom. The first kappa shape index (κ1) is 44.0. The Labute approximate surface area is 308 Å². The van der Waals surface area contributed by atoms with E-state index in [-0.39, 0.29) is 16.5 Å². The Bertz CT molecular complexity index is 1090. The number of aliphatic imine (C=N–C) groups is 2. The van der Waals surface area contributed by atoms with Crippen LogP contribution < -0.4 is 0 Å². The molecule has 3 heteroatoms. The number of nitrogens with zero attached hydrogens (tertiary/aromatic N) is 2. The second-order valence-corrected chi connectivity index (χ2v) is 13.8. The summed E-state index contributed by atoms with van der Waals surface area (Å²) in [5, 5.41) is 0. The molecule has 0 radical (unpaired) electrons. The van der Waals surface area contributed by atoms with Crippen molar-refractivity contribution >= 4 is 28.9 Å². The minimum Gasteiger partial charge on any atom is -0.252 e. The summed E-state index contributed by atoms with van der Waals surface area (Å²) in [5.41, 5.74) is 5.66. The van der Waals surface area contributed by atoms with Gasteiger partial charge in [-0.25, -0.2) is 0 Å². The molecule has 0 fully saturated rings. The minimum atomic E-state index is 0. The topological polar surface area (TPSA) is 24.7 Å². The molecule has 0 saturated carbocycles. The predicted molar refractivity (Wildman–Crippen MR) is 213 cm³/mol. The smallest absolute Gasteiger partial charge is 0.0639 e. The van der Waals surface area contributed by atoms with Crippen molar-refractivity contribution in [1.29, 1.82) is 0 Å². The molecule has 0 aromatic heterocycles. The van der Waals surface area contributed by atoms with E-state index in [0.29, 0.717) is 0 Å². The van der Waals surface area contributed by atoms with Crippen molar-refractivity contribution in [1.82, 2.24) is 0 Å². The quantitative estimate of drug-likeness (QED) is 0.0441. The molecule has 2 rings (SSSR count). The number of allylic oxidation sites excluding steroid dienone is 1. The van der Waals surface area contributed by atoms with Crippen LogP contribution in [0.15, 0.2) is 70.7 Å². The molecule has 2 nitrogen and oxygen atoms in total. The molecule has 0 bridgehead atoms. The molecule has 0 saturated heterocycles. The van der Waals surface area contributed by atoms with Gasteiger partial charge in [0.15, 0.2) is 0 Å². The molecule has 2 aromatic carbocycles. The summed E-state index contributed by atoms with van der Waals surface area (Å²) in [6, 6.07) is 19.2. The molecular weight excluding hydrogens is 627 g/mol. The van der Waals surface area contributed by atoms with E-state index in [1.165, 1.54) is 153 Å². The zero-order valence-electron chi connectivity index (χ0n) is 31.4. The Morgan fingerprint density at radius 2 is 0.896 bits per heavy atom. The summed E-state index contributed by atoms with van der Waals surface area (Å²) in [6.07, 6.45) is 39.3. The van der Waals surface area contributed by atoms with Crippen molar-refractivity contribution in [3.8, 4) is 0 Å². The Hall–Kier alpha value is -1.99. The van der Waals surface area contributed by atoms with Gasteiger partial charge in [0.25, 0.3) is 0 Å². The van der Waals surface area contributed by atoms with Crippen LogP contribution in [0.5, 0.6) is 0 Å². The van der Waals surface area contributed by atoms with Gasteiger partial charge in [0.1, 0.15) is 0 Å². The fourth-order valence-electron chi connectivity index (χ4n) is 6.31. The summed E-state index contributed by atoms with van der Waals surface area (Å²) in [4.78, 5) is 10.4. The molecule has 0 aliphatic carbocycles. The third-order valence-corrected chi connectivity index (χ3v) is 9.31. The van der Waals surface area contributed by atoms with Gasteiger partial charge in [0, 0.05) is 16.5 Å². The number of rotatable bonds is 30. The van der Waals surface area contributed by atoms with Crippen LogP contribution in [-0.2, 0) is 16.5 Å². The fourth-order valence-corrected chi connectivity index (χ4v) is 6.31. The van der Waals surface area contributed by atoms with Crippen LogP contribution in [0.3, 0.4) is 0 Å². The van der Waals surface area contributed by atoms with E-state index >= 15 is 0 Å². The zero-order valence-corrected chi connectivity index (χ0v) is 32.4. The summed E-state index contributed by atoms with van der Waals surface area (Å²) >= 11 is 0. The number of benzene rings is 2. The van der Waals surface area contributed by atoms with E-state index in [0.717, 1.165) is 42.8 Å². The first-order valence-corrected chi connectivity index (χ1v) is 20.2. The third-order valence-electron chi connectivity index (χ3n) is 9.31. The molecule has 0 aliphatic heterocycles. The van der Waals surface area contributed by atoms with Crippen LogP contribution in [0.1, 0.15) is 193 Å². The van der Waals surface area contributed by atoms with Crippen LogP contribution in [0.25, 0.3) is 6.08 Å². The molecule has 0 atom stereocenters. The maximum Gasteiger partial charge on any atom is 0.0639 e. The average molecular weight is 700 g/mol. The van der Waals surface area contributed by atoms with Crippen LogP contribution in [0.4, 0.5) is 11.4 Å². The normalized spacial score (nSPS) is 12.1. The van der Waals surface area contributed by atoms with Gasteiger partial charge in [0.2, 0.25) is 0 Å². The van der Waals surface area contributed by atoms with Crippen molar-refractivity contribution in [2.75, 3.05) is 0 Å². The molecule has 0 aliphatic rings. The van der Waals surface area contributed by atoms with Crippen LogP contribution >= 0.6 is 0 Å². The van der Waals surface area contributed by atoms with Gasteiger partial charge in [-0.3, -0.25) is 9.98 Å². The number of unbranched alkanes of at least 4 members (excludes halogenated alkanes) is 21. The van der Waals surface area contributed by atoms with E-state index in [9.17, 15) is 0 Å². The van der Waals surface area contributed by atoms with Crippen molar-refractivity contribution < 1.29 is 16.5 Å². The molecule has 2 aromatic rings. The number of hydrogen-bond acceptors (Lipinski definition) is 2. The third kappa shape index (κ3) is 23.4. The number of hydrogen-bond donors (Lipinski definition) is 0. The molecule has 272 valence electrons. The van der Waals surface area contributed by atoms with Crippen LogP contribution in [0, 0.1) is 0 Å². The van der Waals surface area contributed by atoms with Gasteiger partial charge in [-0.2, -0.15) is 0 Å². The summed E-state index contributed by atoms with van der Waals surface area (Å²) in [7, 11) is 0. The van der Waals surface area contributed by atoms with Crippen molar-refractivity contribution in [3.05, 3.63) is 66.2 Å². The average Bonchev–Trinajstić information content (AvgIpc) is 3.09. The zero-order chi connectivity index (χ0) is 33.5. The van der Waals surface area contributed by atoms with Crippen molar-refractivity contribution in [3.63, 3.8) is 0 Å². The summed E-state index contributed by atoms with van der Waals surface area (Å²) in [6.45, 7) is 6.84. The molecule has 0 amide bonds. The molecule has 0 spiro atoms. The van der Waals surface area contributed by atoms with Gasteiger partial charge >= 0.3 is 0 Å². The van der Waals surface area contributed by atoms with E-state index in [4.69, 9.17) is 9.98 Å². The minimum absolute atomic E-state index is 0.